The fourth-order valence-corrected chi connectivity index (χ4v) is 13.1. The molecule has 82 heavy (non-hydrogen) atoms. The monoisotopic (exact) mass is 1150 g/mol. The van der Waals surface area contributed by atoms with Gasteiger partial charge >= 0.3 is 0 Å². The first-order valence-corrected chi connectivity index (χ1v) is 28.1. The van der Waals surface area contributed by atoms with E-state index >= 15 is 16.8 Å². The molecule has 0 atom stereocenters. The number of sulfonamides is 2. The fraction of sp³-hybridized carbons (Fsp3) is 0.172. The Balaban J connectivity index is 1.26. The summed E-state index contributed by atoms with van der Waals surface area (Å²) in [5.74, 6) is 1.09. The lowest BCUT2D eigenvalue weighted by Crippen LogP contribution is -2.50. The summed E-state index contributed by atoms with van der Waals surface area (Å²) in [7, 11) is -7.29. The minimum atomic E-state index is -5.16. The highest BCUT2D eigenvalue weighted by atomic mass is 32.2. The predicted octanol–water partition coefficient (Wildman–Crippen LogP) is 9.18. The maximum Gasteiger partial charge on any atom is 0.296 e. The lowest BCUT2D eigenvalue weighted by Gasteiger charge is -2.38. The Hall–Kier alpha value is -9.30. The number of non-ortho nitro benzene ring substituents is 2. The van der Waals surface area contributed by atoms with Crippen LogP contribution in [-0.4, -0.2) is 98.6 Å². The predicted molar refractivity (Wildman–Crippen MR) is 305 cm³/mol. The molecule has 22 nitrogen and oxygen atoms in total. The normalized spacial score (nSPS) is 12.0. The van der Waals surface area contributed by atoms with Crippen molar-refractivity contribution in [3.8, 4) is 11.5 Å². The van der Waals surface area contributed by atoms with Crippen molar-refractivity contribution in [2.24, 2.45) is 0 Å². The first-order chi connectivity index (χ1) is 39.4. The molecule has 0 aliphatic heterocycles. The second-order valence-electron chi connectivity index (χ2n) is 18.4. The van der Waals surface area contributed by atoms with Crippen LogP contribution in [0.25, 0.3) is 0 Å². The number of nitrogens with zero attached hydrogens (tertiary/aromatic N) is 6. The van der Waals surface area contributed by atoms with E-state index in [-0.39, 0.29) is 13.1 Å². The first-order valence-electron chi connectivity index (χ1n) is 25.3. The molecule has 0 bridgehead atoms. The highest BCUT2D eigenvalue weighted by molar-refractivity contribution is 7.89. The van der Waals surface area contributed by atoms with Crippen LogP contribution in [0.3, 0.4) is 0 Å². The van der Waals surface area contributed by atoms with Crippen molar-refractivity contribution in [1.29, 1.82) is 0 Å². The Morgan fingerprint density at radius 2 is 0.671 bits per heavy atom. The van der Waals surface area contributed by atoms with Crippen LogP contribution in [0.1, 0.15) is 33.4 Å². The summed E-state index contributed by atoms with van der Waals surface area (Å²) in [4.78, 5) is 43.1. The summed E-state index contributed by atoms with van der Waals surface area (Å²) in [6, 6.07) is 55.2. The molecule has 0 aromatic heterocycles. The smallest absolute Gasteiger partial charge is 0.296 e. The highest BCUT2D eigenvalue weighted by Crippen LogP contribution is 2.40. The Morgan fingerprint density at radius 3 is 0.927 bits per heavy atom. The van der Waals surface area contributed by atoms with Gasteiger partial charge in [0.1, 0.15) is 11.5 Å². The van der Waals surface area contributed by atoms with Gasteiger partial charge in [-0.2, -0.15) is 8.61 Å². The Kier molecular flexibility index (Phi) is 18.3. The standard InChI is InChI=1S/C58H54N8O14S2/c1-79-51-29-23-47(24-30-51)57(43-15-7-3-8-16-43,44-17-9-4-10-18-44)59-35-37-61(81(75,76)55-33-27-49(63(67)68)41-53(55)65(71)72)39-40-62(82(77,78)56-34-28-50(64(69)70)42-54(56)66(73)74)38-36-60-58(45-19-11-5-12-20-45,46-21-13-6-14-22-46)48-25-31-52(80-2)32-26-48/h3-34,41-42,59-60H,35-40H2,1-2H3. The van der Waals surface area contributed by atoms with Gasteiger partial charge in [-0.25, -0.2) is 16.8 Å². The molecule has 0 radical (unpaired) electrons. The largest absolute Gasteiger partial charge is 0.497 e. The molecule has 0 saturated carbocycles. The van der Waals surface area contributed by atoms with E-state index in [9.17, 15) is 40.5 Å². The molecular formula is C58H54N8O14S2. The maximum absolute atomic E-state index is 15.3. The van der Waals surface area contributed by atoms with Crippen LogP contribution >= 0.6 is 0 Å². The molecule has 0 fully saturated rings. The molecule has 0 aliphatic rings. The molecule has 8 aromatic rings. The van der Waals surface area contributed by atoms with Gasteiger partial charge in [0.25, 0.3) is 22.7 Å². The van der Waals surface area contributed by atoms with Crippen LogP contribution in [0.4, 0.5) is 22.7 Å². The van der Waals surface area contributed by atoms with E-state index in [0.717, 1.165) is 32.9 Å². The third-order valence-corrected chi connectivity index (χ3v) is 17.8. The van der Waals surface area contributed by atoms with Crippen LogP contribution in [-0.2, 0) is 31.1 Å². The molecule has 0 amide bonds. The summed E-state index contributed by atoms with van der Waals surface area (Å²) < 4.78 is 73.7. The molecule has 0 saturated heterocycles. The van der Waals surface area contributed by atoms with Gasteiger partial charge in [-0.15, -0.1) is 0 Å². The van der Waals surface area contributed by atoms with E-state index in [1.54, 1.807) is 24.3 Å². The molecular weight excluding hydrogens is 1100 g/mol. The van der Waals surface area contributed by atoms with E-state index in [1.165, 1.54) is 14.2 Å². The molecule has 0 spiro atoms. The number of hydrogen-bond donors (Lipinski definition) is 2. The van der Waals surface area contributed by atoms with Gasteiger partial charge in [-0.3, -0.25) is 51.1 Å². The third kappa shape index (κ3) is 12.2. The summed E-state index contributed by atoms with van der Waals surface area (Å²) in [5.41, 5.74) is -2.14. The van der Waals surface area contributed by atoms with E-state index in [2.05, 4.69) is 10.6 Å². The van der Waals surface area contributed by atoms with Crippen molar-refractivity contribution < 1.29 is 46.0 Å². The fourth-order valence-electron chi connectivity index (χ4n) is 9.95. The number of hydrogen-bond acceptors (Lipinski definition) is 16. The molecule has 8 rings (SSSR count). The van der Waals surface area contributed by atoms with Gasteiger partial charge in [-0.1, -0.05) is 146 Å². The highest BCUT2D eigenvalue weighted by Gasteiger charge is 2.41. The van der Waals surface area contributed by atoms with Crippen molar-refractivity contribution in [2.75, 3.05) is 53.5 Å². The van der Waals surface area contributed by atoms with Crippen LogP contribution in [0.2, 0.25) is 0 Å². The lowest BCUT2D eigenvalue weighted by molar-refractivity contribution is -0.396. The second-order valence-corrected chi connectivity index (χ2v) is 22.2. The maximum atomic E-state index is 15.3. The molecule has 8 aromatic carbocycles. The number of methoxy groups -OCH3 is 2. The molecule has 2 N–H and O–H groups in total. The SMILES string of the molecule is COc1ccc(C(NCCN(CCN(CCNC(c2ccccc2)(c2ccccc2)c2ccc(OC)cc2)S(=O)(=O)c2ccc([N+](=O)[O-])cc2[N+](=O)[O-])S(=O)(=O)c2ccc([N+](=O)[O-])cc2[N+](=O)[O-])(c2ccccc2)c2ccccc2)cc1. The van der Waals surface area contributed by atoms with Crippen LogP contribution < -0.4 is 20.1 Å². The van der Waals surface area contributed by atoms with Gasteiger partial charge < -0.3 is 9.47 Å². The van der Waals surface area contributed by atoms with Crippen LogP contribution in [0.5, 0.6) is 11.5 Å². The summed E-state index contributed by atoms with van der Waals surface area (Å²) in [6.45, 7) is -3.16. The zero-order valence-corrected chi connectivity index (χ0v) is 45.7. The van der Waals surface area contributed by atoms with E-state index in [4.69, 9.17) is 9.47 Å². The number of benzene rings is 8. The number of ether oxygens (including phenoxy) is 2. The van der Waals surface area contributed by atoms with Crippen molar-refractivity contribution >= 4 is 42.8 Å². The lowest BCUT2D eigenvalue weighted by atomic mass is 9.77. The first kappa shape index (κ1) is 58.8. The van der Waals surface area contributed by atoms with Gasteiger partial charge in [0.2, 0.25) is 20.0 Å². The Labute approximate surface area is 471 Å². The zero-order chi connectivity index (χ0) is 58.7. The van der Waals surface area contributed by atoms with Crippen molar-refractivity contribution in [3.05, 3.63) is 280 Å². The molecule has 422 valence electrons. The quantitative estimate of drug-likeness (QED) is 0.0275. The Morgan fingerprint density at radius 1 is 0.390 bits per heavy atom. The number of nitro groups is 4. The Bertz CT molecular complexity index is 3470. The van der Waals surface area contributed by atoms with Crippen molar-refractivity contribution in [3.63, 3.8) is 0 Å². The van der Waals surface area contributed by atoms with Crippen LogP contribution in [0, 0.1) is 40.5 Å². The average Bonchev–Trinajstić information content (AvgIpc) is 3.69. The number of nitrogens with one attached hydrogen (secondary N) is 2. The molecule has 24 heteroatoms. The summed E-state index contributed by atoms with van der Waals surface area (Å²) in [5, 5.41) is 56.2. The van der Waals surface area contributed by atoms with E-state index < -0.39 is 110 Å². The van der Waals surface area contributed by atoms with Gasteiger partial charge in [0, 0.05) is 51.4 Å². The molecule has 0 unspecified atom stereocenters. The van der Waals surface area contributed by atoms with Gasteiger partial charge in [-0.05, 0) is 69.8 Å². The summed E-state index contributed by atoms with van der Waals surface area (Å²) in [6.07, 6.45) is 0. The van der Waals surface area contributed by atoms with Crippen LogP contribution in [0.15, 0.2) is 216 Å². The van der Waals surface area contributed by atoms with Gasteiger partial charge in [0.15, 0.2) is 9.79 Å². The number of rotatable bonds is 27. The topological polar surface area (TPSA) is 290 Å². The average molecular weight is 1150 g/mol. The van der Waals surface area contributed by atoms with Crippen molar-refractivity contribution in [2.45, 2.75) is 20.9 Å². The number of nitro benzene ring substituents is 4. The second kappa shape index (κ2) is 25.4. The van der Waals surface area contributed by atoms with Gasteiger partial charge in [0.05, 0.1) is 57.1 Å². The third-order valence-electron chi connectivity index (χ3n) is 13.9. The minimum absolute atomic E-state index is 0.253. The molecule has 0 aliphatic carbocycles. The summed E-state index contributed by atoms with van der Waals surface area (Å²) >= 11 is 0. The molecule has 0 heterocycles. The minimum Gasteiger partial charge on any atom is -0.497 e. The van der Waals surface area contributed by atoms with Crippen molar-refractivity contribution in [1.82, 2.24) is 19.2 Å². The van der Waals surface area contributed by atoms with E-state index in [1.807, 2.05) is 146 Å². The van der Waals surface area contributed by atoms with E-state index in [0.29, 0.717) is 57.0 Å². The zero-order valence-electron chi connectivity index (χ0n) is 44.1.